The molecule has 0 bridgehead atoms. The maximum atomic E-state index is 14.0. The first-order chi connectivity index (χ1) is 11.4. The molecule has 128 valence electrons. The summed E-state index contributed by atoms with van der Waals surface area (Å²) in [4.78, 5) is 18.8. The molecule has 0 spiro atoms. The zero-order chi connectivity index (χ0) is 17.7. The summed E-state index contributed by atoms with van der Waals surface area (Å²) >= 11 is 0. The van der Waals surface area contributed by atoms with E-state index in [0.717, 1.165) is 11.1 Å². The number of hydrogen-bond donors (Lipinski definition) is 2. The molecule has 2 aromatic rings. The van der Waals surface area contributed by atoms with Gasteiger partial charge in [-0.1, -0.05) is 12.1 Å². The van der Waals surface area contributed by atoms with Crippen LogP contribution in [-0.4, -0.2) is 28.1 Å². The number of ether oxygens (including phenoxy) is 1. The number of halogens is 1. The summed E-state index contributed by atoms with van der Waals surface area (Å²) in [5.74, 6) is 0.129. The lowest BCUT2D eigenvalue weighted by molar-refractivity contribution is 0.0995. The summed E-state index contributed by atoms with van der Waals surface area (Å²) in [7, 11) is 0. The van der Waals surface area contributed by atoms with Crippen LogP contribution in [0.4, 0.5) is 4.39 Å². The molecule has 0 saturated carbocycles. The summed E-state index contributed by atoms with van der Waals surface area (Å²) in [6.07, 6.45) is 2.15. The summed E-state index contributed by atoms with van der Waals surface area (Å²) in [5.41, 5.74) is 12.5. The minimum Gasteiger partial charge on any atom is -0.437 e. The predicted molar refractivity (Wildman–Crippen MR) is 88.7 cm³/mol. The summed E-state index contributed by atoms with van der Waals surface area (Å²) in [6.45, 7) is 3.64. The molecule has 6 nitrogen and oxygen atoms in total. The summed E-state index contributed by atoms with van der Waals surface area (Å²) in [5, 5.41) is 0. The van der Waals surface area contributed by atoms with Gasteiger partial charge < -0.3 is 16.2 Å². The topological polar surface area (TPSA) is 104 Å². The van der Waals surface area contributed by atoms with E-state index in [4.69, 9.17) is 16.2 Å². The molecular formula is C17H21FN4O2. The highest BCUT2D eigenvalue weighted by Gasteiger charge is 2.14. The largest absolute Gasteiger partial charge is 0.437 e. The van der Waals surface area contributed by atoms with E-state index in [1.807, 2.05) is 13.0 Å². The second-order valence-corrected chi connectivity index (χ2v) is 5.76. The number of aromatic nitrogens is 2. The number of carbonyl (C=O) groups is 1. The Bertz CT molecular complexity index is 704. The van der Waals surface area contributed by atoms with Crippen molar-refractivity contribution in [2.24, 2.45) is 11.5 Å². The van der Waals surface area contributed by atoms with Gasteiger partial charge in [-0.25, -0.2) is 14.4 Å². The summed E-state index contributed by atoms with van der Waals surface area (Å²) < 4.78 is 19.7. The van der Waals surface area contributed by atoms with Crippen molar-refractivity contribution in [2.75, 3.05) is 0 Å². The van der Waals surface area contributed by atoms with Crippen molar-refractivity contribution in [3.05, 3.63) is 47.4 Å². The average Bonchev–Trinajstić information content (AvgIpc) is 2.51. The van der Waals surface area contributed by atoms with Gasteiger partial charge in [-0.15, -0.1) is 0 Å². The Morgan fingerprint density at radius 2 is 2.08 bits per heavy atom. The molecule has 2 rings (SSSR count). The third kappa shape index (κ3) is 4.73. The predicted octanol–water partition coefficient (Wildman–Crippen LogP) is 2.29. The van der Waals surface area contributed by atoms with Gasteiger partial charge in [0.25, 0.3) is 5.91 Å². The van der Waals surface area contributed by atoms with Crippen LogP contribution in [-0.2, 0) is 6.42 Å². The Morgan fingerprint density at radius 3 is 2.67 bits per heavy atom. The maximum Gasteiger partial charge on any atom is 0.268 e. The van der Waals surface area contributed by atoms with Gasteiger partial charge in [-0.2, -0.15) is 0 Å². The number of hydrogen-bond acceptors (Lipinski definition) is 5. The molecule has 0 aliphatic rings. The van der Waals surface area contributed by atoms with Crippen LogP contribution in [0.1, 0.15) is 35.0 Å². The fraction of sp³-hybridized carbons (Fsp3) is 0.353. The zero-order valence-electron chi connectivity index (χ0n) is 13.7. The van der Waals surface area contributed by atoms with Crippen LogP contribution in [0.15, 0.2) is 30.6 Å². The highest BCUT2D eigenvalue weighted by Crippen LogP contribution is 2.27. The van der Waals surface area contributed by atoms with E-state index in [1.165, 1.54) is 12.4 Å². The van der Waals surface area contributed by atoms with Crippen LogP contribution in [0, 0.1) is 6.92 Å². The normalized spacial score (nSPS) is 13.3. The van der Waals surface area contributed by atoms with Crippen LogP contribution >= 0.6 is 0 Å². The summed E-state index contributed by atoms with van der Waals surface area (Å²) in [6, 6.07) is 5.24. The first kappa shape index (κ1) is 17.8. The SMILES string of the molecule is Cc1c(CC(F)CC(C)N)cccc1Oc1cnc(C(N)=O)cn1. The van der Waals surface area contributed by atoms with Crippen molar-refractivity contribution in [1.29, 1.82) is 0 Å². The first-order valence-corrected chi connectivity index (χ1v) is 7.64. The average molecular weight is 332 g/mol. The number of rotatable bonds is 7. The number of benzene rings is 1. The number of primary amides is 1. The third-order valence-electron chi connectivity index (χ3n) is 3.56. The molecule has 0 fully saturated rings. The highest BCUT2D eigenvalue weighted by molar-refractivity contribution is 5.90. The fourth-order valence-electron chi connectivity index (χ4n) is 2.33. The molecule has 24 heavy (non-hydrogen) atoms. The Kier molecular flexibility index (Phi) is 5.81. The third-order valence-corrected chi connectivity index (χ3v) is 3.56. The van der Waals surface area contributed by atoms with Gasteiger partial charge in [0.15, 0.2) is 0 Å². The van der Waals surface area contributed by atoms with Crippen molar-refractivity contribution in [2.45, 2.75) is 38.9 Å². The van der Waals surface area contributed by atoms with Crippen molar-refractivity contribution in [3.8, 4) is 11.6 Å². The van der Waals surface area contributed by atoms with Gasteiger partial charge in [0, 0.05) is 12.5 Å². The van der Waals surface area contributed by atoms with Crippen molar-refractivity contribution in [1.82, 2.24) is 9.97 Å². The number of nitrogens with zero attached hydrogens (tertiary/aromatic N) is 2. The molecule has 1 aromatic heterocycles. The quantitative estimate of drug-likeness (QED) is 0.809. The van der Waals surface area contributed by atoms with Gasteiger partial charge >= 0.3 is 0 Å². The lowest BCUT2D eigenvalue weighted by atomic mass is 9.99. The molecular weight excluding hydrogens is 311 g/mol. The minimum atomic E-state index is -1.01. The van der Waals surface area contributed by atoms with E-state index in [0.29, 0.717) is 12.2 Å². The molecule has 2 atom stereocenters. The Balaban J connectivity index is 2.13. The monoisotopic (exact) mass is 332 g/mol. The number of alkyl halides is 1. The molecule has 1 heterocycles. The molecule has 4 N–H and O–H groups in total. The van der Waals surface area contributed by atoms with Crippen LogP contribution < -0.4 is 16.2 Å². The van der Waals surface area contributed by atoms with Crippen molar-refractivity contribution >= 4 is 5.91 Å². The second-order valence-electron chi connectivity index (χ2n) is 5.76. The van der Waals surface area contributed by atoms with E-state index in [1.54, 1.807) is 19.1 Å². The van der Waals surface area contributed by atoms with Gasteiger partial charge in [0.2, 0.25) is 5.88 Å². The van der Waals surface area contributed by atoms with E-state index < -0.39 is 12.1 Å². The zero-order valence-corrected chi connectivity index (χ0v) is 13.7. The molecule has 0 aliphatic heterocycles. The van der Waals surface area contributed by atoms with Gasteiger partial charge in [0.05, 0.1) is 12.4 Å². The van der Waals surface area contributed by atoms with Crippen LogP contribution in [0.5, 0.6) is 11.6 Å². The Hall–Kier alpha value is -2.54. The number of nitrogens with two attached hydrogens (primary N) is 2. The van der Waals surface area contributed by atoms with Gasteiger partial charge in [-0.3, -0.25) is 4.79 Å². The standard InChI is InChI=1S/C17H21FN4O2/c1-10(19)6-13(18)7-12-4-3-5-15(11(12)2)24-16-9-21-14(8-22-16)17(20)23/h3-5,8-10,13H,6-7,19H2,1-2H3,(H2,20,23). The van der Waals surface area contributed by atoms with E-state index >= 15 is 0 Å². The fourth-order valence-corrected chi connectivity index (χ4v) is 2.33. The van der Waals surface area contributed by atoms with E-state index in [2.05, 4.69) is 9.97 Å². The lowest BCUT2D eigenvalue weighted by Gasteiger charge is -2.15. The van der Waals surface area contributed by atoms with Crippen LogP contribution in [0.3, 0.4) is 0 Å². The molecule has 0 saturated heterocycles. The molecule has 2 unspecified atom stereocenters. The van der Waals surface area contributed by atoms with E-state index in [9.17, 15) is 9.18 Å². The van der Waals surface area contributed by atoms with E-state index in [-0.39, 0.29) is 24.0 Å². The Labute approximate surface area is 140 Å². The van der Waals surface area contributed by atoms with Gasteiger partial charge in [0.1, 0.15) is 17.6 Å². The number of amides is 1. The van der Waals surface area contributed by atoms with Crippen molar-refractivity contribution < 1.29 is 13.9 Å². The molecule has 0 radical (unpaired) electrons. The molecule has 1 aromatic carbocycles. The molecule has 1 amide bonds. The minimum absolute atomic E-state index is 0.0593. The lowest BCUT2D eigenvalue weighted by Crippen LogP contribution is -2.21. The second kappa shape index (κ2) is 7.83. The van der Waals surface area contributed by atoms with Crippen molar-refractivity contribution in [3.63, 3.8) is 0 Å². The highest BCUT2D eigenvalue weighted by atomic mass is 19.1. The molecule has 0 aliphatic carbocycles. The Morgan fingerprint density at radius 1 is 1.33 bits per heavy atom. The number of carbonyl (C=O) groups excluding carboxylic acids is 1. The first-order valence-electron chi connectivity index (χ1n) is 7.64. The van der Waals surface area contributed by atoms with Gasteiger partial charge in [-0.05, 0) is 37.5 Å². The maximum absolute atomic E-state index is 14.0. The smallest absolute Gasteiger partial charge is 0.268 e. The molecule has 7 heteroatoms. The van der Waals surface area contributed by atoms with Crippen LogP contribution in [0.2, 0.25) is 0 Å². The van der Waals surface area contributed by atoms with Crippen LogP contribution in [0.25, 0.3) is 0 Å².